The van der Waals surface area contributed by atoms with Gasteiger partial charge in [0.15, 0.2) is 41.2 Å². The summed E-state index contributed by atoms with van der Waals surface area (Å²) in [6.45, 7) is 10.00. The van der Waals surface area contributed by atoms with Crippen LogP contribution in [0.25, 0.3) is 0 Å². The first kappa shape index (κ1) is 29.1. The van der Waals surface area contributed by atoms with Gasteiger partial charge in [-0.05, 0) is 93.6 Å². The van der Waals surface area contributed by atoms with E-state index in [-0.39, 0.29) is 24.3 Å². The molecule has 0 bridgehead atoms. The SMILES string of the molecule is CCOc1ccc(C[C@H]2c3cc(OCC)c(OCC)cc3CCN2C(=O)COc2ccccc2F)cc1OCC. The molecule has 0 spiro atoms. The highest BCUT2D eigenvalue weighted by Gasteiger charge is 2.33. The van der Waals surface area contributed by atoms with Crippen molar-refractivity contribution >= 4 is 5.91 Å². The molecular formula is C32H38FNO6. The molecule has 3 aromatic carbocycles. The normalized spacial score (nSPS) is 14.3. The average molecular weight is 552 g/mol. The van der Waals surface area contributed by atoms with Gasteiger partial charge in [0.2, 0.25) is 0 Å². The van der Waals surface area contributed by atoms with Crippen LogP contribution in [-0.2, 0) is 17.6 Å². The number of halogens is 1. The summed E-state index contributed by atoms with van der Waals surface area (Å²) in [6, 6.07) is 15.7. The van der Waals surface area contributed by atoms with Gasteiger partial charge in [-0.2, -0.15) is 0 Å². The van der Waals surface area contributed by atoms with E-state index in [2.05, 4.69) is 0 Å². The Morgan fingerprint density at radius 3 is 2.08 bits per heavy atom. The summed E-state index contributed by atoms with van der Waals surface area (Å²) in [7, 11) is 0. The number of para-hydroxylation sites is 1. The highest BCUT2D eigenvalue weighted by atomic mass is 19.1. The van der Waals surface area contributed by atoms with Crippen molar-refractivity contribution in [3.63, 3.8) is 0 Å². The third-order valence-corrected chi connectivity index (χ3v) is 6.71. The molecule has 0 unspecified atom stereocenters. The largest absolute Gasteiger partial charge is 0.490 e. The zero-order valence-corrected chi connectivity index (χ0v) is 23.7. The number of hydrogen-bond donors (Lipinski definition) is 0. The number of nitrogens with zero attached hydrogens (tertiary/aromatic N) is 1. The molecule has 4 rings (SSSR count). The maximum Gasteiger partial charge on any atom is 0.261 e. The standard InChI is InChI=1S/C32H38FNO6/c1-5-36-28-14-13-22(18-29(28)37-6-2)17-26-24-20-31(39-8-4)30(38-7-3)19-23(24)15-16-34(26)32(35)21-40-27-12-10-9-11-25(27)33/h9-14,18-20,26H,5-8,15-17,21H2,1-4H3/t26-/m0/s1. The van der Waals surface area contributed by atoms with Crippen molar-refractivity contribution in [2.24, 2.45) is 0 Å². The molecule has 1 atom stereocenters. The van der Waals surface area contributed by atoms with Crippen LogP contribution in [0.4, 0.5) is 4.39 Å². The summed E-state index contributed by atoms with van der Waals surface area (Å²) in [5.41, 5.74) is 3.08. The molecule has 0 saturated heterocycles. The van der Waals surface area contributed by atoms with Crippen LogP contribution < -0.4 is 23.7 Å². The summed E-state index contributed by atoms with van der Waals surface area (Å²) < 4.78 is 43.2. The Kier molecular flexibility index (Phi) is 10.1. The monoisotopic (exact) mass is 551 g/mol. The lowest BCUT2D eigenvalue weighted by Crippen LogP contribution is -2.43. The molecule has 3 aromatic rings. The van der Waals surface area contributed by atoms with Gasteiger partial charge in [0.1, 0.15) is 0 Å². The van der Waals surface area contributed by atoms with E-state index in [0.717, 1.165) is 16.7 Å². The van der Waals surface area contributed by atoms with Gasteiger partial charge in [0, 0.05) is 6.54 Å². The van der Waals surface area contributed by atoms with E-state index in [9.17, 15) is 9.18 Å². The molecule has 0 radical (unpaired) electrons. The third-order valence-electron chi connectivity index (χ3n) is 6.71. The Balaban J connectivity index is 1.69. The maximum atomic E-state index is 14.2. The molecular weight excluding hydrogens is 513 g/mol. The minimum atomic E-state index is -0.501. The van der Waals surface area contributed by atoms with Gasteiger partial charge in [0.05, 0.1) is 32.5 Å². The smallest absolute Gasteiger partial charge is 0.261 e. The van der Waals surface area contributed by atoms with Gasteiger partial charge in [-0.25, -0.2) is 4.39 Å². The summed E-state index contributed by atoms with van der Waals surface area (Å²) >= 11 is 0. The van der Waals surface area contributed by atoms with E-state index in [1.165, 1.54) is 12.1 Å². The second-order valence-corrected chi connectivity index (χ2v) is 9.29. The molecule has 0 aliphatic carbocycles. The number of rotatable bonds is 13. The fraction of sp³-hybridized carbons (Fsp3) is 0.406. The summed E-state index contributed by atoms with van der Waals surface area (Å²) in [5.74, 6) is 2.03. The van der Waals surface area contributed by atoms with Crippen LogP contribution >= 0.6 is 0 Å². The molecule has 1 aliphatic rings. The van der Waals surface area contributed by atoms with E-state index in [4.69, 9.17) is 23.7 Å². The minimum Gasteiger partial charge on any atom is -0.490 e. The number of hydrogen-bond acceptors (Lipinski definition) is 6. The van der Waals surface area contributed by atoms with Gasteiger partial charge in [-0.15, -0.1) is 0 Å². The molecule has 40 heavy (non-hydrogen) atoms. The van der Waals surface area contributed by atoms with Crippen molar-refractivity contribution < 1.29 is 32.9 Å². The zero-order chi connectivity index (χ0) is 28.5. The molecule has 0 N–H and O–H groups in total. The third kappa shape index (κ3) is 6.79. The Labute approximate surface area is 235 Å². The van der Waals surface area contributed by atoms with E-state index in [1.54, 1.807) is 12.1 Å². The van der Waals surface area contributed by atoms with Crippen molar-refractivity contribution in [3.05, 3.63) is 77.1 Å². The molecule has 1 heterocycles. The molecule has 214 valence electrons. The second kappa shape index (κ2) is 13.9. The lowest BCUT2D eigenvalue weighted by atomic mass is 9.88. The molecule has 1 amide bonds. The number of fused-ring (bicyclic) bond motifs is 1. The van der Waals surface area contributed by atoms with Crippen molar-refractivity contribution in [3.8, 4) is 28.7 Å². The summed E-state index contributed by atoms with van der Waals surface area (Å²) in [5, 5.41) is 0. The second-order valence-electron chi connectivity index (χ2n) is 9.29. The Hall–Kier alpha value is -3.94. The van der Waals surface area contributed by atoms with E-state index >= 15 is 0 Å². The quantitative estimate of drug-likeness (QED) is 0.253. The van der Waals surface area contributed by atoms with Crippen LogP contribution in [0, 0.1) is 5.82 Å². The van der Waals surface area contributed by atoms with E-state index < -0.39 is 5.82 Å². The fourth-order valence-electron chi connectivity index (χ4n) is 4.99. The van der Waals surface area contributed by atoms with Crippen molar-refractivity contribution in [2.75, 3.05) is 39.6 Å². The van der Waals surface area contributed by atoms with E-state index in [0.29, 0.717) is 68.8 Å². The van der Waals surface area contributed by atoms with E-state index in [1.807, 2.05) is 62.9 Å². The maximum absolute atomic E-state index is 14.2. The first-order valence-electron chi connectivity index (χ1n) is 14.0. The zero-order valence-electron chi connectivity index (χ0n) is 23.7. The molecule has 8 heteroatoms. The predicted octanol–water partition coefficient (Wildman–Crippen LogP) is 6.17. The Morgan fingerprint density at radius 2 is 1.40 bits per heavy atom. The Morgan fingerprint density at radius 1 is 0.775 bits per heavy atom. The first-order chi connectivity index (χ1) is 19.5. The van der Waals surface area contributed by atoms with Crippen molar-refractivity contribution in [1.82, 2.24) is 4.90 Å². The number of benzene rings is 3. The molecule has 0 saturated carbocycles. The van der Waals surface area contributed by atoms with Crippen molar-refractivity contribution in [2.45, 2.75) is 46.6 Å². The molecule has 7 nitrogen and oxygen atoms in total. The van der Waals surface area contributed by atoms with Crippen LogP contribution in [0.1, 0.15) is 50.4 Å². The number of carbonyl (C=O) groups excluding carboxylic acids is 1. The number of ether oxygens (including phenoxy) is 5. The van der Waals surface area contributed by atoms with Gasteiger partial charge in [-0.3, -0.25) is 4.79 Å². The van der Waals surface area contributed by atoms with Gasteiger partial charge in [0.25, 0.3) is 5.91 Å². The van der Waals surface area contributed by atoms with Crippen LogP contribution in [-0.4, -0.2) is 50.4 Å². The average Bonchev–Trinajstić information content (AvgIpc) is 2.95. The van der Waals surface area contributed by atoms with Crippen LogP contribution in [0.5, 0.6) is 28.7 Å². The summed E-state index contributed by atoms with van der Waals surface area (Å²) in [6.07, 6.45) is 1.18. The van der Waals surface area contributed by atoms with Crippen LogP contribution in [0.15, 0.2) is 54.6 Å². The minimum absolute atomic E-state index is 0.0534. The fourth-order valence-corrected chi connectivity index (χ4v) is 4.99. The highest BCUT2D eigenvalue weighted by Crippen LogP contribution is 2.41. The van der Waals surface area contributed by atoms with Gasteiger partial charge >= 0.3 is 0 Å². The van der Waals surface area contributed by atoms with Gasteiger partial charge in [-0.1, -0.05) is 18.2 Å². The highest BCUT2D eigenvalue weighted by molar-refractivity contribution is 5.79. The molecule has 0 fully saturated rings. The first-order valence-corrected chi connectivity index (χ1v) is 14.0. The lowest BCUT2D eigenvalue weighted by Gasteiger charge is -2.38. The lowest BCUT2D eigenvalue weighted by molar-refractivity contribution is -0.136. The summed E-state index contributed by atoms with van der Waals surface area (Å²) in [4.78, 5) is 15.4. The van der Waals surface area contributed by atoms with Crippen LogP contribution in [0.3, 0.4) is 0 Å². The van der Waals surface area contributed by atoms with Crippen LogP contribution in [0.2, 0.25) is 0 Å². The number of carbonyl (C=O) groups is 1. The molecule has 0 aromatic heterocycles. The Bertz CT molecular complexity index is 1300. The predicted molar refractivity (Wildman–Crippen MR) is 151 cm³/mol. The molecule has 1 aliphatic heterocycles. The topological polar surface area (TPSA) is 66.5 Å². The number of amides is 1. The van der Waals surface area contributed by atoms with Gasteiger partial charge < -0.3 is 28.6 Å². The van der Waals surface area contributed by atoms with Crippen molar-refractivity contribution in [1.29, 1.82) is 0 Å².